The van der Waals surface area contributed by atoms with Crippen LogP contribution in [0.2, 0.25) is 0 Å². The SMILES string of the molecule is COc1ccccc1CCn1cnc2sc3c(c2c1=O)CCN(C(=O)COc1ccccc1)C3. The summed E-state index contributed by atoms with van der Waals surface area (Å²) in [4.78, 5) is 34.1. The number of fused-ring (bicyclic) bond motifs is 3. The normalized spacial score (nSPS) is 13.0. The molecule has 2 aromatic heterocycles. The van der Waals surface area contributed by atoms with Gasteiger partial charge in [-0.15, -0.1) is 11.3 Å². The van der Waals surface area contributed by atoms with E-state index in [1.165, 1.54) is 11.3 Å². The topological polar surface area (TPSA) is 73.7 Å². The molecule has 3 heterocycles. The van der Waals surface area contributed by atoms with Gasteiger partial charge in [0.25, 0.3) is 11.5 Å². The van der Waals surface area contributed by atoms with Crippen molar-refractivity contribution >= 4 is 27.5 Å². The van der Waals surface area contributed by atoms with Crippen molar-refractivity contribution in [2.75, 3.05) is 20.3 Å². The first-order valence-electron chi connectivity index (χ1n) is 11.2. The molecule has 0 atom stereocenters. The second-order valence-corrected chi connectivity index (χ2v) is 9.24. The van der Waals surface area contributed by atoms with Crippen LogP contribution in [0.3, 0.4) is 0 Å². The molecule has 1 amide bonds. The van der Waals surface area contributed by atoms with Crippen molar-refractivity contribution in [2.24, 2.45) is 0 Å². The van der Waals surface area contributed by atoms with E-state index >= 15 is 0 Å². The smallest absolute Gasteiger partial charge is 0.262 e. The zero-order chi connectivity index (χ0) is 23.5. The largest absolute Gasteiger partial charge is 0.496 e. The molecule has 0 saturated carbocycles. The first-order chi connectivity index (χ1) is 16.6. The van der Waals surface area contributed by atoms with E-state index in [0.29, 0.717) is 43.6 Å². The lowest BCUT2D eigenvalue weighted by Crippen LogP contribution is -2.38. The Morgan fingerprint density at radius 1 is 1.12 bits per heavy atom. The molecule has 4 aromatic rings. The quantitative estimate of drug-likeness (QED) is 0.408. The Hall–Kier alpha value is -3.65. The molecule has 7 nitrogen and oxygen atoms in total. The van der Waals surface area contributed by atoms with Crippen molar-refractivity contribution in [3.8, 4) is 11.5 Å². The number of thiophene rings is 1. The third-order valence-electron chi connectivity index (χ3n) is 6.10. The molecule has 0 radical (unpaired) electrons. The Labute approximate surface area is 201 Å². The van der Waals surface area contributed by atoms with Gasteiger partial charge in [0.05, 0.1) is 25.4 Å². The highest BCUT2D eigenvalue weighted by Crippen LogP contribution is 2.32. The van der Waals surface area contributed by atoms with Crippen LogP contribution in [0.4, 0.5) is 0 Å². The number of carbonyl (C=O) groups is 1. The van der Waals surface area contributed by atoms with Gasteiger partial charge in [-0.3, -0.25) is 14.2 Å². The molecule has 0 unspecified atom stereocenters. The van der Waals surface area contributed by atoms with Gasteiger partial charge in [0.15, 0.2) is 6.61 Å². The van der Waals surface area contributed by atoms with E-state index in [9.17, 15) is 9.59 Å². The molecule has 0 spiro atoms. The second-order valence-electron chi connectivity index (χ2n) is 8.16. The summed E-state index contributed by atoms with van der Waals surface area (Å²) in [7, 11) is 1.65. The highest BCUT2D eigenvalue weighted by molar-refractivity contribution is 7.18. The third kappa shape index (κ3) is 4.41. The fourth-order valence-corrected chi connectivity index (χ4v) is 5.49. The maximum Gasteiger partial charge on any atom is 0.262 e. The minimum Gasteiger partial charge on any atom is -0.496 e. The van der Waals surface area contributed by atoms with E-state index in [4.69, 9.17) is 9.47 Å². The number of benzene rings is 2. The molecule has 174 valence electrons. The van der Waals surface area contributed by atoms with Crippen LogP contribution in [0.15, 0.2) is 65.7 Å². The first-order valence-corrected chi connectivity index (χ1v) is 12.0. The Bertz CT molecular complexity index is 1380. The van der Waals surface area contributed by atoms with Crippen LogP contribution >= 0.6 is 11.3 Å². The molecule has 0 N–H and O–H groups in total. The Morgan fingerprint density at radius 3 is 2.74 bits per heavy atom. The number of carbonyl (C=O) groups excluding carboxylic acids is 1. The average Bonchev–Trinajstić information content (AvgIpc) is 3.26. The van der Waals surface area contributed by atoms with Crippen LogP contribution in [0, 0.1) is 0 Å². The van der Waals surface area contributed by atoms with Gasteiger partial charge in [0, 0.05) is 18.0 Å². The molecule has 0 saturated heterocycles. The molecule has 1 aliphatic heterocycles. The summed E-state index contributed by atoms with van der Waals surface area (Å²) < 4.78 is 12.7. The van der Waals surface area contributed by atoms with Crippen molar-refractivity contribution in [3.05, 3.63) is 87.3 Å². The predicted octanol–water partition coefficient (Wildman–Crippen LogP) is 3.67. The maximum absolute atomic E-state index is 13.3. The monoisotopic (exact) mass is 475 g/mol. The molecule has 0 aliphatic carbocycles. The van der Waals surface area contributed by atoms with Crippen LogP contribution < -0.4 is 15.0 Å². The number of aryl methyl sites for hydroxylation is 2. The van der Waals surface area contributed by atoms with Gasteiger partial charge in [-0.25, -0.2) is 4.98 Å². The highest BCUT2D eigenvalue weighted by Gasteiger charge is 2.26. The number of para-hydroxylation sites is 2. The fraction of sp³-hybridized carbons (Fsp3) is 0.269. The number of hydrogen-bond donors (Lipinski definition) is 0. The number of ether oxygens (including phenoxy) is 2. The van der Waals surface area contributed by atoms with Crippen molar-refractivity contribution < 1.29 is 14.3 Å². The van der Waals surface area contributed by atoms with E-state index in [2.05, 4.69) is 4.98 Å². The molecule has 5 rings (SSSR count). The van der Waals surface area contributed by atoms with E-state index in [1.54, 1.807) is 22.9 Å². The van der Waals surface area contributed by atoms with E-state index in [0.717, 1.165) is 26.6 Å². The lowest BCUT2D eigenvalue weighted by molar-refractivity contribution is -0.134. The Kier molecular flexibility index (Phi) is 6.31. The third-order valence-corrected chi connectivity index (χ3v) is 7.22. The standard InChI is InChI=1S/C26H25N3O4S/c1-32-21-10-6-5-7-18(21)11-13-29-17-27-25-24(26(29)31)20-12-14-28(15-22(20)34-25)23(30)16-33-19-8-3-2-4-9-19/h2-10,17H,11-16H2,1H3. The van der Waals surface area contributed by atoms with Crippen LogP contribution in [0.5, 0.6) is 11.5 Å². The number of rotatable bonds is 7. The van der Waals surface area contributed by atoms with Gasteiger partial charge < -0.3 is 14.4 Å². The lowest BCUT2D eigenvalue weighted by atomic mass is 10.1. The summed E-state index contributed by atoms with van der Waals surface area (Å²) in [6, 6.07) is 17.2. The van der Waals surface area contributed by atoms with Gasteiger partial charge >= 0.3 is 0 Å². The minimum atomic E-state index is -0.0610. The average molecular weight is 476 g/mol. The van der Waals surface area contributed by atoms with Crippen molar-refractivity contribution in [1.29, 1.82) is 0 Å². The first kappa shape index (κ1) is 22.2. The zero-order valence-electron chi connectivity index (χ0n) is 18.9. The lowest BCUT2D eigenvalue weighted by Gasteiger charge is -2.27. The number of hydrogen-bond acceptors (Lipinski definition) is 6. The second kappa shape index (κ2) is 9.69. The van der Waals surface area contributed by atoms with E-state index in [-0.39, 0.29) is 18.1 Å². The van der Waals surface area contributed by atoms with Gasteiger partial charge in [-0.05, 0) is 42.2 Å². The number of aromatic nitrogens is 2. The van der Waals surface area contributed by atoms with Gasteiger partial charge in [0.1, 0.15) is 16.3 Å². The minimum absolute atomic E-state index is 0.00174. The summed E-state index contributed by atoms with van der Waals surface area (Å²) in [5.41, 5.74) is 2.05. The molecule has 2 aromatic carbocycles. The van der Waals surface area contributed by atoms with Crippen LogP contribution in [-0.2, 0) is 30.7 Å². The molecule has 0 fully saturated rings. The fourth-order valence-electron chi connectivity index (χ4n) is 4.29. The van der Waals surface area contributed by atoms with Crippen LogP contribution in [0.25, 0.3) is 10.2 Å². The van der Waals surface area contributed by atoms with Crippen molar-refractivity contribution in [2.45, 2.75) is 25.9 Å². The zero-order valence-corrected chi connectivity index (χ0v) is 19.7. The molecule has 1 aliphatic rings. The number of amides is 1. The molecule has 0 bridgehead atoms. The molecular formula is C26H25N3O4S. The van der Waals surface area contributed by atoms with Crippen molar-refractivity contribution in [1.82, 2.24) is 14.5 Å². The summed E-state index contributed by atoms with van der Waals surface area (Å²) >= 11 is 1.50. The number of nitrogens with zero attached hydrogens (tertiary/aromatic N) is 3. The van der Waals surface area contributed by atoms with Gasteiger partial charge in [0.2, 0.25) is 0 Å². The molecule has 34 heavy (non-hydrogen) atoms. The van der Waals surface area contributed by atoms with Gasteiger partial charge in [-0.1, -0.05) is 36.4 Å². The number of methoxy groups -OCH3 is 1. The van der Waals surface area contributed by atoms with Gasteiger partial charge in [-0.2, -0.15) is 0 Å². The van der Waals surface area contributed by atoms with E-state index < -0.39 is 0 Å². The molecule has 8 heteroatoms. The Balaban J connectivity index is 1.31. The summed E-state index contributed by atoms with van der Waals surface area (Å²) in [5.74, 6) is 1.43. The maximum atomic E-state index is 13.3. The summed E-state index contributed by atoms with van der Waals surface area (Å²) in [6.45, 7) is 1.56. The van der Waals surface area contributed by atoms with Crippen LogP contribution in [0.1, 0.15) is 16.0 Å². The van der Waals surface area contributed by atoms with Crippen molar-refractivity contribution in [3.63, 3.8) is 0 Å². The Morgan fingerprint density at radius 2 is 1.91 bits per heavy atom. The van der Waals surface area contributed by atoms with Crippen LogP contribution in [-0.4, -0.2) is 40.6 Å². The van der Waals surface area contributed by atoms with E-state index in [1.807, 2.05) is 54.6 Å². The summed E-state index contributed by atoms with van der Waals surface area (Å²) in [5, 5.41) is 0.690. The highest BCUT2D eigenvalue weighted by atomic mass is 32.1. The molecular weight excluding hydrogens is 450 g/mol. The predicted molar refractivity (Wildman–Crippen MR) is 132 cm³/mol. The summed E-state index contributed by atoms with van der Waals surface area (Å²) in [6.07, 6.45) is 2.94.